The van der Waals surface area contributed by atoms with E-state index in [0.29, 0.717) is 5.56 Å². The second kappa shape index (κ2) is 5.87. The van der Waals surface area contributed by atoms with Crippen molar-refractivity contribution < 1.29 is 9.90 Å². The Kier molecular flexibility index (Phi) is 3.94. The number of nitrogens with zero attached hydrogens (tertiary/aromatic N) is 1. The van der Waals surface area contributed by atoms with Gasteiger partial charge in [0.1, 0.15) is 0 Å². The predicted molar refractivity (Wildman–Crippen MR) is 83.0 cm³/mol. The zero-order valence-corrected chi connectivity index (χ0v) is 12.3. The van der Waals surface area contributed by atoms with E-state index in [1.165, 1.54) is 5.56 Å². The molecule has 1 aromatic carbocycles. The molecule has 0 saturated carbocycles. The van der Waals surface area contributed by atoms with Crippen molar-refractivity contribution in [3.8, 4) is 0 Å². The van der Waals surface area contributed by atoms with E-state index in [9.17, 15) is 9.90 Å². The van der Waals surface area contributed by atoms with Gasteiger partial charge in [-0.3, -0.25) is 0 Å². The number of aromatic amines is 1. The molecule has 0 unspecified atom stereocenters. The topological polar surface area (TPSA) is 68.4 Å². The largest absolute Gasteiger partial charge is 0.478 e. The maximum absolute atomic E-state index is 11.4. The van der Waals surface area contributed by atoms with Crippen molar-refractivity contribution in [3.05, 3.63) is 35.0 Å². The predicted octanol–water partition coefficient (Wildman–Crippen LogP) is 1.62. The molecule has 3 rings (SSSR count). The summed E-state index contributed by atoms with van der Waals surface area (Å²) in [5.74, 6) is -0.867. The lowest BCUT2D eigenvalue weighted by molar-refractivity contribution is 0.0698. The third-order valence-electron chi connectivity index (χ3n) is 4.27. The molecule has 0 atom stereocenters. The van der Waals surface area contributed by atoms with Gasteiger partial charge in [-0.2, -0.15) is 0 Å². The van der Waals surface area contributed by atoms with Crippen LogP contribution in [0.15, 0.2) is 18.3 Å². The Balaban J connectivity index is 1.83. The fourth-order valence-electron chi connectivity index (χ4n) is 3.06. The zero-order valence-electron chi connectivity index (χ0n) is 12.3. The van der Waals surface area contributed by atoms with Crippen molar-refractivity contribution >= 4 is 16.9 Å². The van der Waals surface area contributed by atoms with Crippen LogP contribution in [-0.2, 0) is 6.42 Å². The molecule has 0 amide bonds. The molecule has 0 spiro atoms. The Morgan fingerprint density at radius 3 is 2.81 bits per heavy atom. The number of hydrogen-bond donors (Lipinski definition) is 3. The first kappa shape index (κ1) is 14.1. The number of carboxylic acids is 1. The average molecular weight is 287 g/mol. The summed E-state index contributed by atoms with van der Waals surface area (Å²) < 4.78 is 0. The number of piperazine rings is 1. The average Bonchev–Trinajstić information content (AvgIpc) is 2.88. The van der Waals surface area contributed by atoms with Crippen molar-refractivity contribution in [2.75, 3.05) is 32.7 Å². The van der Waals surface area contributed by atoms with Crippen LogP contribution in [0.2, 0.25) is 0 Å². The van der Waals surface area contributed by atoms with E-state index in [1.807, 2.05) is 25.3 Å². The molecule has 1 saturated heterocycles. The molecular formula is C16H21N3O2. The van der Waals surface area contributed by atoms with Gasteiger partial charge in [-0.1, -0.05) is 12.1 Å². The highest BCUT2D eigenvalue weighted by Crippen LogP contribution is 2.25. The van der Waals surface area contributed by atoms with Crippen LogP contribution < -0.4 is 5.32 Å². The first-order valence-electron chi connectivity index (χ1n) is 7.43. The third-order valence-corrected chi connectivity index (χ3v) is 4.27. The molecule has 1 aliphatic heterocycles. The Labute approximate surface area is 124 Å². The Morgan fingerprint density at radius 2 is 2.10 bits per heavy atom. The second-order valence-corrected chi connectivity index (χ2v) is 5.64. The van der Waals surface area contributed by atoms with Crippen molar-refractivity contribution in [1.29, 1.82) is 0 Å². The number of benzene rings is 1. The monoisotopic (exact) mass is 287 g/mol. The van der Waals surface area contributed by atoms with Gasteiger partial charge in [-0.25, -0.2) is 4.79 Å². The van der Waals surface area contributed by atoms with Gasteiger partial charge in [-0.15, -0.1) is 0 Å². The van der Waals surface area contributed by atoms with Crippen molar-refractivity contribution in [2.45, 2.75) is 13.3 Å². The lowest BCUT2D eigenvalue weighted by Crippen LogP contribution is -2.44. The SMILES string of the molecule is Cc1ccc2c(CCN3CCNCC3)c[nH]c2c1C(=O)O. The smallest absolute Gasteiger partial charge is 0.338 e. The van der Waals surface area contributed by atoms with Gasteiger partial charge in [0.2, 0.25) is 0 Å². The fraction of sp³-hybridized carbons (Fsp3) is 0.438. The molecule has 0 aliphatic carbocycles. The van der Waals surface area contributed by atoms with Gasteiger partial charge in [0.15, 0.2) is 0 Å². The highest BCUT2D eigenvalue weighted by Gasteiger charge is 2.16. The standard InChI is InChI=1S/C16H21N3O2/c1-11-2-3-13-12(4-7-19-8-5-17-6-9-19)10-18-15(13)14(11)16(20)21/h2-3,10,17-18H,4-9H2,1H3,(H,20,21). The van der Waals surface area contributed by atoms with Gasteiger partial charge >= 0.3 is 5.97 Å². The number of fused-ring (bicyclic) bond motifs is 1. The van der Waals surface area contributed by atoms with Crippen molar-refractivity contribution in [3.63, 3.8) is 0 Å². The molecule has 112 valence electrons. The minimum absolute atomic E-state index is 0.390. The Bertz CT molecular complexity index is 657. The Hall–Kier alpha value is -1.85. The summed E-state index contributed by atoms with van der Waals surface area (Å²) in [5, 5.41) is 13.8. The fourth-order valence-corrected chi connectivity index (χ4v) is 3.06. The van der Waals surface area contributed by atoms with Gasteiger partial charge in [0.05, 0.1) is 11.1 Å². The number of carbonyl (C=O) groups is 1. The highest BCUT2D eigenvalue weighted by atomic mass is 16.4. The van der Waals surface area contributed by atoms with E-state index < -0.39 is 5.97 Å². The molecule has 2 aromatic rings. The molecule has 5 heteroatoms. The van der Waals surface area contributed by atoms with Crippen LogP contribution in [0.5, 0.6) is 0 Å². The molecule has 0 bridgehead atoms. The number of aryl methyl sites for hydroxylation is 1. The van der Waals surface area contributed by atoms with Crippen LogP contribution in [0.1, 0.15) is 21.5 Å². The number of H-pyrrole nitrogens is 1. The van der Waals surface area contributed by atoms with Gasteiger partial charge in [0, 0.05) is 44.3 Å². The molecule has 3 N–H and O–H groups in total. The number of aromatic carboxylic acids is 1. The quantitative estimate of drug-likeness (QED) is 0.799. The van der Waals surface area contributed by atoms with E-state index in [2.05, 4.69) is 15.2 Å². The van der Waals surface area contributed by atoms with Crippen LogP contribution in [0.4, 0.5) is 0 Å². The van der Waals surface area contributed by atoms with Gasteiger partial charge in [0.25, 0.3) is 0 Å². The third kappa shape index (κ3) is 2.80. The van der Waals surface area contributed by atoms with E-state index in [1.54, 1.807) is 0 Å². The summed E-state index contributed by atoms with van der Waals surface area (Å²) in [4.78, 5) is 17.0. The second-order valence-electron chi connectivity index (χ2n) is 5.64. The Morgan fingerprint density at radius 1 is 1.33 bits per heavy atom. The highest BCUT2D eigenvalue weighted by molar-refractivity contribution is 6.04. The normalized spacial score (nSPS) is 16.4. The molecule has 0 radical (unpaired) electrons. The molecule has 1 aromatic heterocycles. The number of carboxylic acid groups (broad SMARTS) is 1. The number of aromatic nitrogens is 1. The summed E-state index contributed by atoms with van der Waals surface area (Å²) in [6.45, 7) is 7.13. The summed E-state index contributed by atoms with van der Waals surface area (Å²) in [6, 6.07) is 3.93. The summed E-state index contributed by atoms with van der Waals surface area (Å²) in [7, 11) is 0. The lowest BCUT2D eigenvalue weighted by atomic mass is 10.0. The minimum Gasteiger partial charge on any atom is -0.478 e. The molecule has 1 fully saturated rings. The number of nitrogens with one attached hydrogen (secondary N) is 2. The molecule has 5 nitrogen and oxygen atoms in total. The minimum atomic E-state index is -0.867. The van der Waals surface area contributed by atoms with Gasteiger partial charge < -0.3 is 20.3 Å². The molecular weight excluding hydrogens is 266 g/mol. The van der Waals surface area contributed by atoms with Gasteiger partial charge in [-0.05, 0) is 24.5 Å². The molecule has 2 heterocycles. The van der Waals surface area contributed by atoms with Crippen LogP contribution >= 0.6 is 0 Å². The molecule has 1 aliphatic rings. The van der Waals surface area contributed by atoms with E-state index in [-0.39, 0.29) is 0 Å². The summed E-state index contributed by atoms with van der Waals surface area (Å²) in [6.07, 6.45) is 2.90. The number of rotatable bonds is 4. The maximum atomic E-state index is 11.4. The van der Waals surface area contributed by atoms with Crippen LogP contribution in [0.3, 0.4) is 0 Å². The van der Waals surface area contributed by atoms with Crippen LogP contribution in [-0.4, -0.2) is 53.7 Å². The first-order valence-corrected chi connectivity index (χ1v) is 7.43. The van der Waals surface area contributed by atoms with Crippen LogP contribution in [0.25, 0.3) is 10.9 Å². The maximum Gasteiger partial charge on any atom is 0.338 e. The number of hydrogen-bond acceptors (Lipinski definition) is 3. The molecule has 21 heavy (non-hydrogen) atoms. The van der Waals surface area contributed by atoms with E-state index in [4.69, 9.17) is 0 Å². The lowest BCUT2D eigenvalue weighted by Gasteiger charge is -2.26. The van der Waals surface area contributed by atoms with Crippen molar-refractivity contribution in [2.24, 2.45) is 0 Å². The summed E-state index contributed by atoms with van der Waals surface area (Å²) >= 11 is 0. The van der Waals surface area contributed by atoms with Crippen molar-refractivity contribution in [1.82, 2.24) is 15.2 Å². The first-order chi connectivity index (χ1) is 10.2. The van der Waals surface area contributed by atoms with E-state index >= 15 is 0 Å². The van der Waals surface area contributed by atoms with Crippen LogP contribution in [0, 0.1) is 6.92 Å². The zero-order chi connectivity index (χ0) is 14.8. The summed E-state index contributed by atoms with van der Waals surface area (Å²) in [5.41, 5.74) is 3.13. The van der Waals surface area contributed by atoms with E-state index in [0.717, 1.165) is 55.6 Å².